The van der Waals surface area contributed by atoms with Crippen molar-refractivity contribution in [3.05, 3.63) is 107 Å². The van der Waals surface area contributed by atoms with Gasteiger partial charge < -0.3 is 22.1 Å². The lowest BCUT2D eigenvalue weighted by Crippen LogP contribution is -2.43. The van der Waals surface area contributed by atoms with E-state index in [0.717, 1.165) is 21.9 Å². The number of hydrogen-bond donors (Lipinski definition) is 4. The van der Waals surface area contributed by atoms with Crippen LogP contribution in [-0.4, -0.2) is 27.6 Å². The predicted molar refractivity (Wildman–Crippen MR) is 146 cm³/mol. The van der Waals surface area contributed by atoms with Crippen molar-refractivity contribution in [2.24, 2.45) is 5.73 Å². The van der Waals surface area contributed by atoms with Crippen LogP contribution in [0.1, 0.15) is 29.2 Å². The van der Waals surface area contributed by atoms with Crippen molar-refractivity contribution in [3.63, 3.8) is 0 Å². The fourth-order valence-corrected chi connectivity index (χ4v) is 4.87. The zero-order chi connectivity index (χ0) is 26.3. The van der Waals surface area contributed by atoms with Gasteiger partial charge in [-0.05, 0) is 70.8 Å². The van der Waals surface area contributed by atoms with E-state index in [0.29, 0.717) is 22.5 Å². The third-order valence-electron chi connectivity index (χ3n) is 6.98. The van der Waals surface area contributed by atoms with E-state index in [9.17, 15) is 9.59 Å². The van der Waals surface area contributed by atoms with Gasteiger partial charge in [0.05, 0.1) is 6.54 Å². The summed E-state index contributed by atoms with van der Waals surface area (Å²) in [5, 5.41) is 9.58. The van der Waals surface area contributed by atoms with Crippen LogP contribution in [0.15, 0.2) is 84.9 Å². The van der Waals surface area contributed by atoms with Gasteiger partial charge in [-0.2, -0.15) is 0 Å². The van der Waals surface area contributed by atoms with Gasteiger partial charge >= 0.3 is 6.03 Å². The average Bonchev–Trinajstić information content (AvgIpc) is 3.05. The van der Waals surface area contributed by atoms with E-state index in [-0.39, 0.29) is 30.9 Å². The van der Waals surface area contributed by atoms with E-state index in [1.165, 1.54) is 4.90 Å². The van der Waals surface area contributed by atoms with Crippen LogP contribution >= 0.6 is 0 Å². The van der Waals surface area contributed by atoms with Gasteiger partial charge in [-0.3, -0.25) is 15.1 Å². The Bertz CT molecular complexity index is 1550. The smallest absolute Gasteiger partial charge is 0.328 e. The summed E-state index contributed by atoms with van der Waals surface area (Å²) < 4.78 is 0. The van der Waals surface area contributed by atoms with E-state index in [4.69, 9.17) is 22.6 Å². The molecule has 0 spiro atoms. The summed E-state index contributed by atoms with van der Waals surface area (Å²) in [4.78, 5) is 30.6. The molecule has 0 unspecified atom stereocenters. The monoisotopic (exact) mass is 492 g/mol. The highest BCUT2D eigenvalue weighted by Gasteiger charge is 2.55. The number of amides is 3. The van der Waals surface area contributed by atoms with Crippen molar-refractivity contribution in [3.8, 4) is 0 Å². The first kappa shape index (κ1) is 23.9. The fourth-order valence-electron chi connectivity index (χ4n) is 4.87. The maximum atomic E-state index is 14.0. The number of fused-ring (bicyclic) bond motifs is 1. The second-order valence-corrected chi connectivity index (χ2v) is 9.51. The van der Waals surface area contributed by atoms with Crippen LogP contribution in [0, 0.1) is 5.41 Å². The molecule has 186 valence electrons. The molecule has 0 radical (unpaired) electrons. The van der Waals surface area contributed by atoms with Crippen molar-refractivity contribution in [1.29, 1.82) is 5.41 Å². The Kier molecular flexibility index (Phi) is 5.79. The number of anilines is 2. The largest absolute Gasteiger partial charge is 0.399 e. The van der Waals surface area contributed by atoms with Crippen LogP contribution in [0.5, 0.6) is 0 Å². The maximum absolute atomic E-state index is 14.0. The van der Waals surface area contributed by atoms with Gasteiger partial charge in [-0.15, -0.1) is 0 Å². The highest BCUT2D eigenvalue weighted by Crippen LogP contribution is 2.39. The van der Waals surface area contributed by atoms with E-state index >= 15 is 0 Å². The third-order valence-corrected chi connectivity index (χ3v) is 6.98. The van der Waals surface area contributed by atoms with Crippen molar-refractivity contribution < 1.29 is 9.59 Å². The molecule has 1 aliphatic heterocycles. The number of nitrogen functional groups attached to an aromatic ring is 3. The van der Waals surface area contributed by atoms with Crippen LogP contribution < -0.4 is 17.2 Å². The molecule has 5 rings (SSSR count). The molecule has 0 bridgehead atoms. The Morgan fingerprint density at radius 2 is 1.51 bits per heavy atom. The summed E-state index contributed by atoms with van der Waals surface area (Å²) in [6.45, 7) is 2.09. The molecule has 4 aromatic carbocycles. The van der Waals surface area contributed by atoms with Crippen LogP contribution in [0.3, 0.4) is 0 Å². The van der Waals surface area contributed by atoms with Crippen molar-refractivity contribution in [2.45, 2.75) is 25.6 Å². The third kappa shape index (κ3) is 4.23. The molecule has 0 aliphatic carbocycles. The lowest BCUT2D eigenvalue weighted by atomic mass is 9.89. The number of imide groups is 1. The number of nitrogens with two attached hydrogens (primary N) is 3. The minimum Gasteiger partial charge on any atom is -0.399 e. The predicted octanol–water partition coefficient (Wildman–Crippen LogP) is 4.17. The summed E-state index contributed by atoms with van der Waals surface area (Å²) in [7, 11) is 0. The zero-order valence-corrected chi connectivity index (χ0v) is 20.4. The van der Waals surface area contributed by atoms with Crippen LogP contribution in [0.25, 0.3) is 10.8 Å². The molecule has 1 heterocycles. The quantitative estimate of drug-likeness (QED) is 0.138. The lowest BCUT2D eigenvalue weighted by molar-refractivity contribution is -0.133. The Labute approximate surface area is 214 Å². The molecule has 0 aromatic heterocycles. The van der Waals surface area contributed by atoms with Gasteiger partial charge in [0.15, 0.2) is 0 Å². The van der Waals surface area contributed by atoms with Crippen molar-refractivity contribution >= 4 is 39.9 Å². The number of amidine groups is 1. The molecule has 1 saturated heterocycles. The van der Waals surface area contributed by atoms with Gasteiger partial charge in [0.2, 0.25) is 0 Å². The molecular formula is C29H28N6O2. The molecule has 1 fully saturated rings. The number of carbonyl (C=O) groups is 2. The van der Waals surface area contributed by atoms with E-state index < -0.39 is 5.54 Å². The lowest BCUT2D eigenvalue weighted by Gasteiger charge is -2.32. The molecule has 1 aliphatic rings. The van der Waals surface area contributed by atoms with Crippen LogP contribution in [-0.2, 0) is 23.4 Å². The second kappa shape index (κ2) is 8.98. The standard InChI is InChI=1S/C29H28N6O2/c1-29(23-9-11-24(30)12-10-23)27(36)34(28(37)35(29)17-18-3-2-4-25(31)14-18)16-19-5-6-20-7-8-21(26(32)33)15-22(20)13-19/h2-15H,16-17,30-31H2,1H3,(H3,32,33)/t29-/m1/s1. The zero-order valence-electron chi connectivity index (χ0n) is 20.4. The first-order chi connectivity index (χ1) is 17.7. The minimum absolute atomic E-state index is 0.0198. The Morgan fingerprint density at radius 3 is 2.22 bits per heavy atom. The normalized spacial score (nSPS) is 17.5. The van der Waals surface area contributed by atoms with Gasteiger partial charge in [-0.1, -0.05) is 48.5 Å². The first-order valence-electron chi connectivity index (χ1n) is 11.9. The molecule has 37 heavy (non-hydrogen) atoms. The number of rotatable bonds is 6. The highest BCUT2D eigenvalue weighted by molar-refractivity contribution is 6.07. The molecule has 3 amide bonds. The minimum atomic E-state index is -1.23. The molecule has 7 N–H and O–H groups in total. The first-order valence-corrected chi connectivity index (χ1v) is 11.9. The highest BCUT2D eigenvalue weighted by atomic mass is 16.2. The number of carbonyl (C=O) groups excluding carboxylic acids is 2. The van der Waals surface area contributed by atoms with E-state index in [2.05, 4.69) is 0 Å². The van der Waals surface area contributed by atoms with Crippen molar-refractivity contribution in [2.75, 3.05) is 11.5 Å². The molecule has 0 saturated carbocycles. The summed E-state index contributed by atoms with van der Waals surface area (Å²) in [6, 6.07) is 25.2. The molecule has 8 heteroatoms. The molecule has 8 nitrogen and oxygen atoms in total. The molecular weight excluding hydrogens is 464 g/mol. The number of nitrogens with zero attached hydrogens (tertiary/aromatic N) is 2. The SMILES string of the molecule is C[C@@]1(c2ccc(N)cc2)C(=O)N(Cc2ccc3ccc(C(=N)N)cc3c2)C(=O)N1Cc1cccc(N)c1. The summed E-state index contributed by atoms with van der Waals surface area (Å²) >= 11 is 0. The van der Waals surface area contributed by atoms with Gasteiger partial charge in [0.1, 0.15) is 11.4 Å². The summed E-state index contributed by atoms with van der Waals surface area (Å²) in [6.07, 6.45) is 0. The van der Waals surface area contributed by atoms with Crippen molar-refractivity contribution in [1.82, 2.24) is 9.80 Å². The maximum Gasteiger partial charge on any atom is 0.328 e. The Balaban J connectivity index is 1.53. The second-order valence-electron chi connectivity index (χ2n) is 9.51. The van der Waals surface area contributed by atoms with Gasteiger partial charge in [0, 0.05) is 23.5 Å². The number of hydrogen-bond acceptors (Lipinski definition) is 5. The topological polar surface area (TPSA) is 143 Å². The molecule has 1 atom stereocenters. The number of benzene rings is 4. The fraction of sp³-hybridized carbons (Fsp3) is 0.138. The number of urea groups is 1. The molecule has 4 aromatic rings. The van der Waals surface area contributed by atoms with E-state index in [1.54, 1.807) is 54.3 Å². The van der Waals surface area contributed by atoms with Crippen LogP contribution in [0.4, 0.5) is 16.2 Å². The van der Waals surface area contributed by atoms with E-state index in [1.807, 2.05) is 42.5 Å². The number of nitrogens with one attached hydrogen (secondary N) is 1. The Hall–Kier alpha value is -4.85. The van der Waals surface area contributed by atoms with Crippen LogP contribution in [0.2, 0.25) is 0 Å². The average molecular weight is 493 g/mol. The summed E-state index contributed by atoms with van der Waals surface area (Å²) in [5.41, 5.74) is 20.4. The van der Waals surface area contributed by atoms with Gasteiger partial charge in [0.25, 0.3) is 5.91 Å². The Morgan fingerprint density at radius 1 is 0.811 bits per heavy atom. The summed E-state index contributed by atoms with van der Waals surface area (Å²) in [5.74, 6) is -0.336. The van der Waals surface area contributed by atoms with Gasteiger partial charge in [-0.25, -0.2) is 4.79 Å².